The molecule has 0 aromatic carbocycles. The second kappa shape index (κ2) is 69.0. The lowest BCUT2D eigenvalue weighted by Gasteiger charge is -2.24. The molecule has 90 heavy (non-hydrogen) atoms. The highest BCUT2D eigenvalue weighted by Gasteiger charge is 2.27. The largest absolute Gasteiger partial charge is 0.472 e. The van der Waals surface area contributed by atoms with Gasteiger partial charge in [-0.05, 0) is 128 Å². The van der Waals surface area contributed by atoms with E-state index in [2.05, 4.69) is 172 Å². The Hall–Kier alpha value is -4.37. The summed E-state index contributed by atoms with van der Waals surface area (Å²) in [7, 11) is 1.46. The molecule has 0 amide bonds. The van der Waals surface area contributed by atoms with Crippen LogP contribution in [0.3, 0.4) is 0 Å². The standard InChI is InChI=1S/C80H134NO8P/c1-6-8-10-12-14-16-18-20-22-24-26-28-30-32-33-34-35-36-37-38-39-40-41-42-43-44-45-46-47-49-51-53-55-57-59-61-63-65-67-69-71-73-80(83)89-78(77-88-90(84,85)87-75-74-81(3,4)5)76-86-79(82)72-70-68-66-64-62-60-58-56-54-52-50-48-31-29-27-25-23-21-19-17-15-13-11-9-7-2/h8,10,14,16,19-22,25-28,31-33,35-36,38-39,41-42,44-45,47-49,78H,6-7,9,11-13,15,17-18,23-24,29-30,34,37,40,43,46,50-77H2,1-5H3/p+1/b10-8-,16-14-,21-19-,22-20-,27-25-,28-26-,33-32-,36-35-,39-38-,42-41-,45-44-,48-31-,49-47-. The number of nitrogens with zero attached hydrogens (tertiary/aromatic N) is 1. The maximum Gasteiger partial charge on any atom is 0.472 e. The van der Waals surface area contributed by atoms with E-state index in [1.165, 1.54) is 128 Å². The summed E-state index contributed by atoms with van der Waals surface area (Å²) in [6.07, 6.45) is 103. The van der Waals surface area contributed by atoms with Crippen molar-refractivity contribution in [1.82, 2.24) is 0 Å². The van der Waals surface area contributed by atoms with Crippen LogP contribution >= 0.6 is 7.82 Å². The predicted octanol–water partition coefficient (Wildman–Crippen LogP) is 23.9. The fourth-order valence-electron chi connectivity index (χ4n) is 9.52. The average molecular weight is 1270 g/mol. The Kier molecular flexibility index (Phi) is 65.6. The van der Waals surface area contributed by atoms with Crippen LogP contribution in [0.1, 0.15) is 284 Å². The van der Waals surface area contributed by atoms with E-state index in [-0.39, 0.29) is 32.0 Å². The molecular weight excluding hydrogens is 1130 g/mol. The average Bonchev–Trinajstić information content (AvgIpc) is 3.62. The molecule has 0 aliphatic carbocycles. The van der Waals surface area contributed by atoms with Crippen molar-refractivity contribution in [3.63, 3.8) is 0 Å². The molecule has 2 unspecified atom stereocenters. The number of rotatable bonds is 65. The first kappa shape index (κ1) is 85.6. The van der Waals surface area contributed by atoms with E-state index in [1.807, 2.05) is 21.1 Å². The minimum Gasteiger partial charge on any atom is -0.462 e. The van der Waals surface area contributed by atoms with Gasteiger partial charge in [-0.3, -0.25) is 18.6 Å². The summed E-state index contributed by atoms with van der Waals surface area (Å²) in [6.45, 7) is 4.30. The van der Waals surface area contributed by atoms with Crippen LogP contribution in [0.2, 0.25) is 0 Å². The number of phosphoric acid groups is 1. The van der Waals surface area contributed by atoms with Gasteiger partial charge in [-0.1, -0.05) is 300 Å². The van der Waals surface area contributed by atoms with Crippen molar-refractivity contribution in [3.05, 3.63) is 158 Å². The summed E-state index contributed by atoms with van der Waals surface area (Å²) in [6, 6.07) is 0. The second-order valence-corrected chi connectivity index (χ2v) is 26.3. The molecule has 0 heterocycles. The van der Waals surface area contributed by atoms with Gasteiger partial charge in [0.25, 0.3) is 0 Å². The van der Waals surface area contributed by atoms with Crippen molar-refractivity contribution >= 4 is 19.8 Å². The van der Waals surface area contributed by atoms with Crippen molar-refractivity contribution in [2.75, 3.05) is 47.5 Å². The van der Waals surface area contributed by atoms with Gasteiger partial charge in [0, 0.05) is 12.8 Å². The van der Waals surface area contributed by atoms with Crippen molar-refractivity contribution in [2.45, 2.75) is 290 Å². The molecule has 0 saturated heterocycles. The quantitative estimate of drug-likeness (QED) is 0.0211. The van der Waals surface area contributed by atoms with Crippen molar-refractivity contribution < 1.29 is 42.1 Å². The van der Waals surface area contributed by atoms with Crippen molar-refractivity contribution in [3.8, 4) is 0 Å². The van der Waals surface area contributed by atoms with Crippen LogP contribution in [-0.4, -0.2) is 74.9 Å². The third-order valence-corrected chi connectivity index (χ3v) is 16.0. The van der Waals surface area contributed by atoms with Crippen molar-refractivity contribution in [2.24, 2.45) is 0 Å². The zero-order chi connectivity index (χ0) is 65.5. The number of hydrogen-bond acceptors (Lipinski definition) is 7. The lowest BCUT2D eigenvalue weighted by Crippen LogP contribution is -2.37. The topological polar surface area (TPSA) is 108 Å². The number of carbonyl (C=O) groups is 2. The first-order chi connectivity index (χ1) is 44.0. The fraction of sp³-hybridized carbons (Fsp3) is 0.650. The molecule has 0 radical (unpaired) electrons. The summed E-state index contributed by atoms with van der Waals surface area (Å²) in [4.78, 5) is 35.9. The summed E-state index contributed by atoms with van der Waals surface area (Å²) in [5, 5.41) is 0. The number of esters is 2. The molecule has 0 aliphatic heterocycles. The van der Waals surface area contributed by atoms with Crippen LogP contribution in [0.5, 0.6) is 0 Å². The summed E-state index contributed by atoms with van der Waals surface area (Å²) < 4.78 is 34.7. The zero-order valence-electron chi connectivity index (χ0n) is 58.3. The Morgan fingerprint density at radius 1 is 0.356 bits per heavy atom. The molecule has 1 N–H and O–H groups in total. The number of unbranched alkanes of at least 4 members (excludes halogenated alkanes) is 25. The molecule has 0 aromatic heterocycles. The first-order valence-electron chi connectivity index (χ1n) is 36.2. The van der Waals surface area contributed by atoms with Gasteiger partial charge in [-0.2, -0.15) is 0 Å². The number of phosphoric ester groups is 1. The normalized spacial score (nSPS) is 14.1. The molecule has 512 valence electrons. The highest BCUT2D eigenvalue weighted by atomic mass is 31.2. The Balaban J connectivity index is 4.10. The molecule has 0 aromatic rings. The summed E-state index contributed by atoms with van der Waals surface area (Å²) >= 11 is 0. The molecular formula is C80H135NO8P+. The molecule has 0 aliphatic rings. The molecule has 0 saturated carbocycles. The predicted molar refractivity (Wildman–Crippen MR) is 390 cm³/mol. The number of likely N-dealkylation sites (N-methyl/N-ethyl adjacent to an activating group) is 1. The van der Waals surface area contributed by atoms with Gasteiger partial charge >= 0.3 is 19.8 Å². The molecule has 0 fully saturated rings. The van der Waals surface area contributed by atoms with Gasteiger partial charge in [0.1, 0.15) is 19.8 Å². The van der Waals surface area contributed by atoms with E-state index in [9.17, 15) is 19.0 Å². The molecule has 0 rings (SSSR count). The van der Waals surface area contributed by atoms with E-state index < -0.39 is 26.5 Å². The van der Waals surface area contributed by atoms with Crippen molar-refractivity contribution in [1.29, 1.82) is 0 Å². The van der Waals surface area contributed by atoms with E-state index in [0.717, 1.165) is 122 Å². The maximum atomic E-state index is 12.9. The van der Waals surface area contributed by atoms with E-state index in [4.69, 9.17) is 18.5 Å². The van der Waals surface area contributed by atoms with Crippen LogP contribution in [-0.2, 0) is 32.7 Å². The molecule has 0 bridgehead atoms. The lowest BCUT2D eigenvalue weighted by atomic mass is 10.0. The van der Waals surface area contributed by atoms with Crippen LogP contribution in [0.4, 0.5) is 0 Å². The number of allylic oxidation sites excluding steroid dienone is 26. The number of quaternary nitrogens is 1. The van der Waals surface area contributed by atoms with E-state index in [1.54, 1.807) is 0 Å². The Bertz CT molecular complexity index is 2080. The van der Waals surface area contributed by atoms with Gasteiger partial charge in [0.05, 0.1) is 27.7 Å². The van der Waals surface area contributed by atoms with E-state index in [0.29, 0.717) is 17.4 Å². The SMILES string of the molecule is CC/C=C\C/C=C\C/C=C\C/C=C\C/C=C\C/C=C\C/C=C\C/C=C\C/C=C\C/C=C\CCCCCCCCCCCCC(=O)OC(COC(=O)CCCCCCCCCCCC/C=C\C/C=C\C/C=C\CCCCCCC)COP(=O)(O)OCC[N+](C)(C)C. The Morgan fingerprint density at radius 2 is 0.633 bits per heavy atom. The van der Waals surface area contributed by atoms with Gasteiger partial charge in [-0.25, -0.2) is 4.57 Å². The number of carbonyl (C=O) groups excluding carboxylic acids is 2. The van der Waals surface area contributed by atoms with Gasteiger partial charge in [0.2, 0.25) is 0 Å². The summed E-state index contributed by atoms with van der Waals surface area (Å²) in [5.41, 5.74) is 0. The van der Waals surface area contributed by atoms with Gasteiger partial charge in [-0.15, -0.1) is 0 Å². The highest BCUT2D eigenvalue weighted by molar-refractivity contribution is 7.47. The third-order valence-electron chi connectivity index (χ3n) is 15.0. The number of hydrogen-bond donors (Lipinski definition) is 1. The molecule has 0 spiro atoms. The van der Waals surface area contributed by atoms with Gasteiger partial charge in [0.15, 0.2) is 6.10 Å². The smallest absolute Gasteiger partial charge is 0.462 e. The van der Waals surface area contributed by atoms with Crippen LogP contribution in [0, 0.1) is 0 Å². The Labute approximate surface area is 554 Å². The van der Waals surface area contributed by atoms with Crippen LogP contribution < -0.4 is 0 Å². The molecule has 2 atom stereocenters. The Morgan fingerprint density at radius 3 is 0.944 bits per heavy atom. The lowest BCUT2D eigenvalue weighted by molar-refractivity contribution is -0.870. The summed E-state index contributed by atoms with van der Waals surface area (Å²) in [5.74, 6) is -0.811. The minimum atomic E-state index is -4.40. The first-order valence-corrected chi connectivity index (χ1v) is 37.7. The minimum absolute atomic E-state index is 0.0231. The number of ether oxygens (including phenoxy) is 2. The van der Waals surface area contributed by atoms with E-state index >= 15 is 0 Å². The zero-order valence-corrected chi connectivity index (χ0v) is 59.2. The van der Waals surface area contributed by atoms with Crippen LogP contribution in [0.15, 0.2) is 158 Å². The fourth-order valence-corrected chi connectivity index (χ4v) is 10.3. The second-order valence-electron chi connectivity index (χ2n) is 24.9. The van der Waals surface area contributed by atoms with Crippen LogP contribution in [0.25, 0.3) is 0 Å². The third kappa shape index (κ3) is 72.7. The maximum absolute atomic E-state index is 12.9. The molecule has 10 heteroatoms. The monoisotopic (exact) mass is 1270 g/mol. The molecule has 9 nitrogen and oxygen atoms in total. The van der Waals surface area contributed by atoms with Gasteiger partial charge < -0.3 is 18.9 Å². The highest BCUT2D eigenvalue weighted by Crippen LogP contribution is 2.43.